The van der Waals surface area contributed by atoms with Crippen LogP contribution in [0.15, 0.2) is 28.8 Å². The number of anilines is 1. The molecule has 1 amide bonds. The third-order valence-electron chi connectivity index (χ3n) is 4.34. The Hall–Kier alpha value is -2.21. The molecule has 0 radical (unpaired) electrons. The van der Waals surface area contributed by atoms with Gasteiger partial charge in [-0.25, -0.2) is 0 Å². The number of nitrogens with zero attached hydrogens (tertiary/aromatic N) is 2. The van der Waals surface area contributed by atoms with Gasteiger partial charge < -0.3 is 14.6 Å². The zero-order chi connectivity index (χ0) is 16.9. The first-order valence-corrected chi connectivity index (χ1v) is 8.47. The van der Waals surface area contributed by atoms with E-state index < -0.39 is 0 Å². The fourth-order valence-corrected chi connectivity index (χ4v) is 3.10. The molecule has 0 spiro atoms. The molecule has 0 unspecified atom stereocenters. The number of nitrogens with one attached hydrogen (secondary N) is 1. The molecule has 1 aliphatic rings. The van der Waals surface area contributed by atoms with Gasteiger partial charge in [0, 0.05) is 25.5 Å². The van der Waals surface area contributed by atoms with Gasteiger partial charge in [0.05, 0.1) is 11.8 Å². The van der Waals surface area contributed by atoms with Crippen molar-refractivity contribution in [2.75, 3.05) is 11.9 Å². The number of hydrogen-bond donors (Lipinski definition) is 1. The van der Waals surface area contributed by atoms with Crippen LogP contribution < -0.4 is 5.32 Å². The summed E-state index contributed by atoms with van der Waals surface area (Å²) in [6.45, 7) is 4.43. The molecule has 2 atom stereocenters. The van der Waals surface area contributed by atoms with Crippen molar-refractivity contribution in [1.29, 1.82) is 0 Å². The van der Waals surface area contributed by atoms with E-state index in [9.17, 15) is 4.79 Å². The lowest BCUT2D eigenvalue weighted by molar-refractivity contribution is -0.114. The Bertz CT molecular complexity index is 698. The lowest BCUT2D eigenvalue weighted by Crippen LogP contribution is -2.26. The topological polar surface area (TPSA) is 77.3 Å². The summed E-state index contributed by atoms with van der Waals surface area (Å²) in [4.78, 5) is 15.9. The molecule has 2 heterocycles. The van der Waals surface area contributed by atoms with Crippen LogP contribution in [0.2, 0.25) is 0 Å². The van der Waals surface area contributed by atoms with Crippen molar-refractivity contribution in [1.82, 2.24) is 10.1 Å². The van der Waals surface area contributed by atoms with E-state index in [0.29, 0.717) is 29.4 Å². The van der Waals surface area contributed by atoms with Gasteiger partial charge in [-0.2, -0.15) is 4.98 Å². The molecule has 1 fully saturated rings. The molecule has 24 heavy (non-hydrogen) atoms. The Morgan fingerprint density at radius 1 is 1.38 bits per heavy atom. The van der Waals surface area contributed by atoms with Crippen molar-refractivity contribution < 1.29 is 14.1 Å². The molecular weight excluding hydrogens is 306 g/mol. The highest BCUT2D eigenvalue weighted by atomic mass is 16.5. The van der Waals surface area contributed by atoms with Gasteiger partial charge in [-0.15, -0.1) is 0 Å². The molecule has 0 saturated carbocycles. The third kappa shape index (κ3) is 4.00. The molecule has 1 saturated heterocycles. The maximum atomic E-state index is 11.3. The first-order valence-electron chi connectivity index (χ1n) is 8.47. The second-order valence-corrected chi connectivity index (χ2v) is 6.23. The lowest BCUT2D eigenvalue weighted by atomic mass is 9.91. The molecule has 128 valence electrons. The number of rotatable bonds is 5. The van der Waals surface area contributed by atoms with Gasteiger partial charge in [-0.1, -0.05) is 24.2 Å². The van der Waals surface area contributed by atoms with Crippen LogP contribution in [0.3, 0.4) is 0 Å². The van der Waals surface area contributed by atoms with E-state index in [1.54, 1.807) is 0 Å². The summed E-state index contributed by atoms with van der Waals surface area (Å²) in [5, 5.41) is 6.89. The van der Waals surface area contributed by atoms with E-state index in [2.05, 4.69) is 22.4 Å². The SMILES string of the molecule is CC[C@H]1C[C@H](Cc2nc(-c3ccccc3NC(C)=O)no2)CCO1. The summed E-state index contributed by atoms with van der Waals surface area (Å²) in [6.07, 6.45) is 4.21. The Morgan fingerprint density at radius 2 is 2.21 bits per heavy atom. The zero-order valence-corrected chi connectivity index (χ0v) is 14.1. The van der Waals surface area contributed by atoms with Crippen molar-refractivity contribution in [3.05, 3.63) is 30.2 Å². The third-order valence-corrected chi connectivity index (χ3v) is 4.34. The van der Waals surface area contributed by atoms with E-state index >= 15 is 0 Å². The van der Waals surface area contributed by atoms with E-state index in [1.165, 1.54) is 6.92 Å². The second kappa shape index (κ2) is 7.57. The Morgan fingerprint density at radius 3 is 3.00 bits per heavy atom. The summed E-state index contributed by atoms with van der Waals surface area (Å²) in [6, 6.07) is 7.46. The van der Waals surface area contributed by atoms with E-state index in [1.807, 2.05) is 24.3 Å². The van der Waals surface area contributed by atoms with Crippen LogP contribution in [0.1, 0.15) is 39.0 Å². The first-order chi connectivity index (χ1) is 11.7. The Labute approximate surface area is 141 Å². The van der Waals surface area contributed by atoms with Gasteiger partial charge in [0.15, 0.2) is 0 Å². The van der Waals surface area contributed by atoms with E-state index in [-0.39, 0.29) is 5.91 Å². The van der Waals surface area contributed by atoms with Gasteiger partial charge in [0.2, 0.25) is 17.6 Å². The molecule has 1 aromatic heterocycles. The number of amides is 1. The number of para-hydroxylation sites is 1. The van der Waals surface area contributed by atoms with Crippen molar-refractivity contribution in [3.63, 3.8) is 0 Å². The summed E-state index contributed by atoms with van der Waals surface area (Å²) < 4.78 is 11.2. The van der Waals surface area contributed by atoms with Crippen LogP contribution in [0.4, 0.5) is 5.69 Å². The number of carbonyl (C=O) groups excluding carboxylic acids is 1. The molecule has 3 rings (SSSR count). The average Bonchev–Trinajstić information content (AvgIpc) is 3.03. The highest BCUT2D eigenvalue weighted by molar-refractivity contribution is 5.93. The summed E-state index contributed by atoms with van der Waals surface area (Å²) in [7, 11) is 0. The normalized spacial score (nSPS) is 20.8. The van der Waals surface area contributed by atoms with Crippen LogP contribution >= 0.6 is 0 Å². The van der Waals surface area contributed by atoms with Crippen LogP contribution in [0.5, 0.6) is 0 Å². The molecule has 6 heteroatoms. The maximum Gasteiger partial charge on any atom is 0.227 e. The Balaban J connectivity index is 1.73. The van der Waals surface area contributed by atoms with Crippen LogP contribution in [0, 0.1) is 5.92 Å². The maximum absolute atomic E-state index is 11.3. The van der Waals surface area contributed by atoms with Gasteiger partial charge in [-0.3, -0.25) is 4.79 Å². The van der Waals surface area contributed by atoms with Gasteiger partial charge >= 0.3 is 0 Å². The van der Waals surface area contributed by atoms with Crippen molar-refractivity contribution >= 4 is 11.6 Å². The van der Waals surface area contributed by atoms with Crippen molar-refractivity contribution in [2.45, 2.75) is 45.6 Å². The highest BCUT2D eigenvalue weighted by Crippen LogP contribution is 2.28. The van der Waals surface area contributed by atoms with Crippen molar-refractivity contribution in [3.8, 4) is 11.4 Å². The van der Waals surface area contributed by atoms with Crippen LogP contribution in [-0.2, 0) is 16.0 Å². The van der Waals surface area contributed by atoms with Crippen LogP contribution in [-0.4, -0.2) is 28.8 Å². The molecule has 6 nitrogen and oxygen atoms in total. The second-order valence-electron chi connectivity index (χ2n) is 6.23. The molecule has 2 aromatic rings. The van der Waals surface area contributed by atoms with Crippen molar-refractivity contribution in [2.24, 2.45) is 5.92 Å². The quantitative estimate of drug-likeness (QED) is 0.909. The Kier molecular flexibility index (Phi) is 5.25. The number of hydrogen-bond acceptors (Lipinski definition) is 5. The smallest absolute Gasteiger partial charge is 0.227 e. The van der Waals surface area contributed by atoms with Gasteiger partial charge in [0.1, 0.15) is 0 Å². The number of aromatic nitrogens is 2. The molecule has 0 bridgehead atoms. The monoisotopic (exact) mass is 329 g/mol. The molecule has 1 N–H and O–H groups in total. The fourth-order valence-electron chi connectivity index (χ4n) is 3.10. The molecule has 1 aliphatic heterocycles. The average molecular weight is 329 g/mol. The number of benzene rings is 1. The first kappa shape index (κ1) is 16.6. The predicted octanol–water partition coefficient (Wildman–Crippen LogP) is 3.44. The summed E-state index contributed by atoms with van der Waals surface area (Å²) in [5.74, 6) is 1.54. The van der Waals surface area contributed by atoms with Gasteiger partial charge in [0.25, 0.3) is 0 Å². The minimum absolute atomic E-state index is 0.126. The standard InChI is InChI=1S/C18H23N3O3/c1-3-14-10-13(8-9-23-14)11-17-20-18(21-24-17)15-6-4-5-7-16(15)19-12(2)22/h4-7,13-14H,3,8-11H2,1-2H3,(H,19,22)/t13-,14+/m1/s1. The molecular formula is C18H23N3O3. The zero-order valence-electron chi connectivity index (χ0n) is 14.1. The van der Waals surface area contributed by atoms with E-state index in [4.69, 9.17) is 9.26 Å². The van der Waals surface area contributed by atoms with Crippen LogP contribution in [0.25, 0.3) is 11.4 Å². The minimum atomic E-state index is -0.126. The van der Waals surface area contributed by atoms with E-state index in [0.717, 1.165) is 37.9 Å². The minimum Gasteiger partial charge on any atom is -0.378 e. The number of ether oxygens (including phenoxy) is 1. The highest BCUT2D eigenvalue weighted by Gasteiger charge is 2.24. The molecule has 0 aliphatic carbocycles. The summed E-state index contributed by atoms with van der Waals surface area (Å²) >= 11 is 0. The summed E-state index contributed by atoms with van der Waals surface area (Å²) in [5.41, 5.74) is 1.45. The van der Waals surface area contributed by atoms with Gasteiger partial charge in [-0.05, 0) is 37.3 Å². The molecule has 1 aromatic carbocycles. The number of carbonyl (C=O) groups is 1. The fraction of sp³-hybridized carbons (Fsp3) is 0.500. The lowest BCUT2D eigenvalue weighted by Gasteiger charge is -2.27. The predicted molar refractivity (Wildman–Crippen MR) is 90.5 cm³/mol. The largest absolute Gasteiger partial charge is 0.378 e.